The minimum absolute atomic E-state index is 0.132. The number of hydrogen-bond donors (Lipinski definition) is 0. The van der Waals surface area contributed by atoms with Gasteiger partial charge < -0.3 is 14.5 Å². The normalized spacial score (nSPS) is 21.2. The summed E-state index contributed by atoms with van der Waals surface area (Å²) in [5.74, 6) is 2.13. The Bertz CT molecular complexity index is 990. The Balaban J connectivity index is 1.16. The molecule has 0 bridgehead atoms. The maximum absolute atomic E-state index is 13.2. The van der Waals surface area contributed by atoms with Crippen LogP contribution >= 0.6 is 0 Å². The van der Waals surface area contributed by atoms with Crippen molar-refractivity contribution < 1.29 is 9.53 Å². The number of hydrogen-bond acceptors (Lipinski definition) is 6. The smallest absolute Gasteiger partial charge is 0.226 e. The molecule has 3 fully saturated rings. The summed E-state index contributed by atoms with van der Waals surface area (Å²) in [7, 11) is 0. The van der Waals surface area contributed by atoms with E-state index >= 15 is 0 Å². The molecule has 1 aliphatic carbocycles. The minimum Gasteiger partial charge on any atom is -0.494 e. The first-order valence-corrected chi connectivity index (χ1v) is 13.3. The highest BCUT2D eigenvalue weighted by atomic mass is 16.5. The molecule has 2 aliphatic heterocycles. The standard InChI is InChI=1S/C27H39N5O2/c1-3-34-23-9-10-25-24(19-23)20(2)28-27(29-25)32-13-11-21(12-14-32)26(33)31-17-15-30(16-18-31)22-7-5-4-6-8-22/h9-10,19,21-22H,3-8,11-18H2,1-2H3. The maximum atomic E-state index is 13.2. The Hall–Kier alpha value is -2.41. The molecule has 1 aromatic heterocycles. The summed E-state index contributed by atoms with van der Waals surface area (Å²) < 4.78 is 5.63. The van der Waals surface area contributed by atoms with E-state index in [0.717, 1.165) is 86.4 Å². The molecule has 2 saturated heterocycles. The fourth-order valence-electron chi connectivity index (χ4n) is 5.98. The van der Waals surface area contributed by atoms with Crippen molar-refractivity contribution in [3.63, 3.8) is 0 Å². The predicted octanol–water partition coefficient (Wildman–Crippen LogP) is 4.03. The Morgan fingerprint density at radius 1 is 0.971 bits per heavy atom. The number of aromatic nitrogens is 2. The van der Waals surface area contributed by atoms with Crippen molar-refractivity contribution in [3.8, 4) is 5.75 Å². The molecular formula is C27H39N5O2. The Kier molecular flexibility index (Phi) is 7.18. The zero-order chi connectivity index (χ0) is 23.5. The van der Waals surface area contributed by atoms with Crippen LogP contribution in [0.4, 0.5) is 5.95 Å². The second-order valence-electron chi connectivity index (χ2n) is 10.1. The van der Waals surface area contributed by atoms with Gasteiger partial charge in [0.15, 0.2) is 0 Å². The summed E-state index contributed by atoms with van der Waals surface area (Å²) in [6.45, 7) is 10.2. The predicted molar refractivity (Wildman–Crippen MR) is 135 cm³/mol. The van der Waals surface area contributed by atoms with Crippen LogP contribution in [0, 0.1) is 12.8 Å². The molecule has 7 heteroatoms. The van der Waals surface area contributed by atoms with Crippen LogP contribution in [0.5, 0.6) is 5.75 Å². The van der Waals surface area contributed by atoms with Gasteiger partial charge in [-0.25, -0.2) is 9.97 Å². The number of rotatable bonds is 5. The van der Waals surface area contributed by atoms with E-state index in [1.54, 1.807) is 0 Å². The first-order valence-electron chi connectivity index (χ1n) is 13.3. The zero-order valence-electron chi connectivity index (χ0n) is 20.8. The molecule has 1 amide bonds. The van der Waals surface area contributed by atoms with Gasteiger partial charge in [-0.1, -0.05) is 19.3 Å². The topological polar surface area (TPSA) is 61.8 Å². The van der Waals surface area contributed by atoms with Crippen LogP contribution in [0.2, 0.25) is 0 Å². The number of nitrogens with zero attached hydrogens (tertiary/aromatic N) is 5. The average molecular weight is 466 g/mol. The summed E-state index contributed by atoms with van der Waals surface area (Å²) >= 11 is 0. The lowest BCUT2D eigenvalue weighted by Crippen LogP contribution is -2.54. The number of anilines is 1. The van der Waals surface area contributed by atoms with Crippen LogP contribution in [-0.4, -0.2) is 77.6 Å². The number of fused-ring (bicyclic) bond motifs is 1. The fraction of sp³-hybridized carbons (Fsp3) is 0.667. The van der Waals surface area contributed by atoms with Crippen molar-refractivity contribution in [1.82, 2.24) is 19.8 Å². The second kappa shape index (κ2) is 10.5. The molecule has 1 saturated carbocycles. The number of piperidine rings is 1. The van der Waals surface area contributed by atoms with Crippen molar-refractivity contribution in [2.24, 2.45) is 5.92 Å². The van der Waals surface area contributed by atoms with Gasteiger partial charge in [0.05, 0.1) is 17.8 Å². The molecule has 0 unspecified atom stereocenters. The summed E-state index contributed by atoms with van der Waals surface area (Å²) in [5.41, 5.74) is 1.91. The van der Waals surface area contributed by atoms with E-state index in [1.807, 2.05) is 32.0 Å². The monoisotopic (exact) mass is 465 g/mol. The third kappa shape index (κ3) is 4.99. The number of ether oxygens (including phenoxy) is 1. The molecule has 3 aliphatic rings. The van der Waals surface area contributed by atoms with E-state index in [2.05, 4.69) is 14.7 Å². The van der Waals surface area contributed by atoms with Gasteiger partial charge in [-0.2, -0.15) is 0 Å². The summed E-state index contributed by atoms with van der Waals surface area (Å²) in [6, 6.07) is 6.77. The van der Waals surface area contributed by atoms with Crippen LogP contribution in [0.3, 0.4) is 0 Å². The van der Waals surface area contributed by atoms with Crippen molar-refractivity contribution >= 4 is 22.8 Å². The lowest BCUT2D eigenvalue weighted by Gasteiger charge is -2.42. The molecule has 5 rings (SSSR count). The van der Waals surface area contributed by atoms with Crippen LogP contribution in [0.1, 0.15) is 57.6 Å². The highest BCUT2D eigenvalue weighted by molar-refractivity contribution is 5.83. The summed E-state index contributed by atoms with van der Waals surface area (Å²) in [4.78, 5) is 29.9. The number of aryl methyl sites for hydroxylation is 1. The number of carbonyl (C=O) groups is 1. The fourth-order valence-corrected chi connectivity index (χ4v) is 5.98. The second-order valence-corrected chi connectivity index (χ2v) is 10.1. The van der Waals surface area contributed by atoms with Crippen LogP contribution in [0.15, 0.2) is 18.2 Å². The van der Waals surface area contributed by atoms with Gasteiger partial charge in [-0.3, -0.25) is 9.69 Å². The molecule has 0 radical (unpaired) electrons. The molecule has 1 aromatic carbocycles. The van der Waals surface area contributed by atoms with Crippen LogP contribution < -0.4 is 9.64 Å². The first kappa shape index (κ1) is 23.3. The Labute approximate surface area is 203 Å². The third-order valence-electron chi connectivity index (χ3n) is 8.00. The quantitative estimate of drug-likeness (QED) is 0.664. The van der Waals surface area contributed by atoms with Crippen LogP contribution in [0.25, 0.3) is 10.9 Å². The molecule has 184 valence electrons. The number of amides is 1. The van der Waals surface area contributed by atoms with Gasteiger partial charge in [-0.05, 0) is 57.7 Å². The van der Waals surface area contributed by atoms with Crippen molar-refractivity contribution in [1.29, 1.82) is 0 Å². The first-order chi connectivity index (χ1) is 16.6. The van der Waals surface area contributed by atoms with Crippen molar-refractivity contribution in [2.75, 3.05) is 50.8 Å². The lowest BCUT2D eigenvalue weighted by molar-refractivity contribution is -0.138. The van der Waals surface area contributed by atoms with Gasteiger partial charge in [0.1, 0.15) is 5.75 Å². The maximum Gasteiger partial charge on any atom is 0.226 e. The highest BCUT2D eigenvalue weighted by Crippen LogP contribution is 2.28. The number of piperazine rings is 1. The third-order valence-corrected chi connectivity index (χ3v) is 8.00. The van der Waals surface area contributed by atoms with E-state index < -0.39 is 0 Å². The van der Waals surface area contributed by atoms with E-state index in [1.165, 1.54) is 32.1 Å². The Morgan fingerprint density at radius 3 is 2.41 bits per heavy atom. The van der Waals surface area contributed by atoms with Gasteiger partial charge >= 0.3 is 0 Å². The largest absolute Gasteiger partial charge is 0.494 e. The molecule has 0 N–H and O–H groups in total. The van der Waals surface area contributed by atoms with Crippen LogP contribution in [-0.2, 0) is 4.79 Å². The molecule has 2 aromatic rings. The van der Waals surface area contributed by atoms with Gasteiger partial charge in [-0.15, -0.1) is 0 Å². The molecule has 0 atom stereocenters. The summed E-state index contributed by atoms with van der Waals surface area (Å²) in [6.07, 6.45) is 8.59. The SMILES string of the molecule is CCOc1ccc2nc(N3CCC(C(=O)N4CCN(C5CCCCC5)CC4)CC3)nc(C)c2c1. The molecule has 7 nitrogen and oxygen atoms in total. The molecule has 3 heterocycles. The van der Waals surface area contributed by atoms with Gasteiger partial charge in [0.25, 0.3) is 0 Å². The number of benzene rings is 1. The molecule has 0 spiro atoms. The number of carbonyl (C=O) groups excluding carboxylic acids is 1. The van der Waals surface area contributed by atoms with Gasteiger partial charge in [0, 0.05) is 56.6 Å². The van der Waals surface area contributed by atoms with E-state index in [0.29, 0.717) is 12.5 Å². The zero-order valence-corrected chi connectivity index (χ0v) is 20.8. The highest BCUT2D eigenvalue weighted by Gasteiger charge is 2.32. The van der Waals surface area contributed by atoms with E-state index in [-0.39, 0.29) is 5.92 Å². The minimum atomic E-state index is 0.132. The van der Waals surface area contributed by atoms with Gasteiger partial charge in [0.2, 0.25) is 11.9 Å². The molecule has 34 heavy (non-hydrogen) atoms. The van der Waals surface area contributed by atoms with E-state index in [4.69, 9.17) is 14.7 Å². The lowest BCUT2D eigenvalue weighted by atomic mass is 9.93. The van der Waals surface area contributed by atoms with Crippen molar-refractivity contribution in [3.05, 3.63) is 23.9 Å². The molecular weight excluding hydrogens is 426 g/mol. The Morgan fingerprint density at radius 2 is 1.71 bits per heavy atom. The average Bonchev–Trinajstić information content (AvgIpc) is 2.89. The van der Waals surface area contributed by atoms with E-state index in [9.17, 15) is 4.79 Å². The summed E-state index contributed by atoms with van der Waals surface area (Å²) in [5, 5.41) is 1.03. The van der Waals surface area contributed by atoms with Crippen molar-refractivity contribution in [2.45, 2.75) is 64.8 Å².